The number of aliphatic hydroxyl groups is 1. The third-order valence-electron chi connectivity index (χ3n) is 2.89. The van der Waals surface area contributed by atoms with Crippen molar-refractivity contribution in [2.24, 2.45) is 16.5 Å². The Hall–Kier alpha value is -2.17. The third kappa shape index (κ3) is 19.9. The number of aliphatic imine (C=N–C) groups is 1. The monoisotopic (exact) mass is 359 g/mol. The average molecular weight is 360 g/mol. The van der Waals surface area contributed by atoms with Crippen molar-refractivity contribution in [2.75, 3.05) is 13.2 Å². The number of benzene rings is 1. The van der Waals surface area contributed by atoms with Gasteiger partial charge in [-0.3, -0.25) is 0 Å². The normalized spacial score (nSPS) is 11.8. The second-order valence-corrected chi connectivity index (χ2v) is 5.41. The first kappa shape index (κ1) is 26.1. The number of hydrogen-bond acceptors (Lipinski definition) is 3. The van der Waals surface area contributed by atoms with Crippen LogP contribution in [-0.4, -0.2) is 24.1 Å². The maximum absolute atomic E-state index is 7.75. The molecule has 0 unspecified atom stereocenters. The summed E-state index contributed by atoms with van der Waals surface area (Å²) in [6, 6.07) is 9.64. The molecule has 0 saturated heterocycles. The van der Waals surface area contributed by atoms with Gasteiger partial charge in [-0.2, -0.15) is 0 Å². The maximum atomic E-state index is 7.75. The zero-order chi connectivity index (χ0) is 20.0. The number of amidine groups is 1. The number of hydrogen-bond donors (Lipinski definition) is 3. The zero-order valence-corrected chi connectivity index (χ0v) is 16.9. The van der Waals surface area contributed by atoms with Crippen LogP contribution in [0.1, 0.15) is 47.0 Å². The van der Waals surface area contributed by atoms with E-state index in [0.717, 1.165) is 12.1 Å². The summed E-state index contributed by atoms with van der Waals surface area (Å²) in [6.07, 6.45) is 14.3. The molecule has 0 bridgehead atoms. The molecule has 0 aliphatic carbocycles. The van der Waals surface area contributed by atoms with Crippen LogP contribution in [0, 0.1) is 0 Å². The molecule has 5 N–H and O–H groups in total. The van der Waals surface area contributed by atoms with E-state index in [4.69, 9.17) is 16.6 Å². The van der Waals surface area contributed by atoms with Crippen molar-refractivity contribution in [1.29, 1.82) is 0 Å². The van der Waals surface area contributed by atoms with Crippen LogP contribution in [-0.2, 0) is 0 Å². The first-order valence-electron chi connectivity index (χ1n) is 9.20. The quantitative estimate of drug-likeness (QED) is 0.368. The van der Waals surface area contributed by atoms with E-state index in [1.807, 2.05) is 30.3 Å². The van der Waals surface area contributed by atoms with Gasteiger partial charge in [-0.25, -0.2) is 4.99 Å². The molecule has 1 aromatic rings. The number of rotatable bonds is 7. The Morgan fingerprint density at radius 1 is 1.15 bits per heavy atom. The van der Waals surface area contributed by atoms with Gasteiger partial charge in [-0.05, 0) is 38.8 Å². The number of para-hydroxylation sites is 1. The fourth-order valence-corrected chi connectivity index (χ4v) is 1.71. The van der Waals surface area contributed by atoms with Gasteiger partial charge in [0.15, 0.2) is 0 Å². The van der Waals surface area contributed by atoms with Crippen LogP contribution in [0.3, 0.4) is 0 Å². The van der Waals surface area contributed by atoms with E-state index in [2.05, 4.69) is 56.1 Å². The van der Waals surface area contributed by atoms with Gasteiger partial charge in [-0.1, -0.05) is 74.4 Å². The molecule has 0 aliphatic heterocycles. The van der Waals surface area contributed by atoms with Gasteiger partial charge in [0.2, 0.25) is 0 Å². The van der Waals surface area contributed by atoms with Gasteiger partial charge in [0.25, 0.3) is 0 Å². The van der Waals surface area contributed by atoms with Gasteiger partial charge >= 0.3 is 0 Å². The number of nitrogens with zero attached hydrogens (tertiary/aromatic N) is 1. The fraction of sp³-hybridized carbons (Fsp3) is 0.409. The lowest BCUT2D eigenvalue weighted by Crippen LogP contribution is -2.03. The van der Waals surface area contributed by atoms with E-state index >= 15 is 0 Å². The Morgan fingerprint density at radius 2 is 1.77 bits per heavy atom. The van der Waals surface area contributed by atoms with Crippen molar-refractivity contribution < 1.29 is 5.11 Å². The fourth-order valence-electron chi connectivity index (χ4n) is 1.71. The van der Waals surface area contributed by atoms with Crippen molar-refractivity contribution in [2.45, 2.75) is 47.0 Å². The highest BCUT2D eigenvalue weighted by atomic mass is 16.3. The molecule has 0 amide bonds. The van der Waals surface area contributed by atoms with Gasteiger partial charge < -0.3 is 16.6 Å². The van der Waals surface area contributed by atoms with Crippen LogP contribution in [0.25, 0.3) is 0 Å². The minimum Gasteiger partial charge on any atom is -0.395 e. The van der Waals surface area contributed by atoms with E-state index in [0.29, 0.717) is 12.4 Å². The van der Waals surface area contributed by atoms with Crippen molar-refractivity contribution in [3.8, 4) is 0 Å². The van der Waals surface area contributed by atoms with E-state index in [1.165, 1.54) is 18.4 Å². The Balaban J connectivity index is 0. The van der Waals surface area contributed by atoms with Crippen molar-refractivity contribution in [3.63, 3.8) is 0 Å². The molecule has 1 rings (SSSR count). The second-order valence-electron chi connectivity index (χ2n) is 5.41. The summed E-state index contributed by atoms with van der Waals surface area (Å²) in [7, 11) is 0. The van der Waals surface area contributed by atoms with Gasteiger partial charge in [0, 0.05) is 6.54 Å². The van der Waals surface area contributed by atoms with Crippen LogP contribution >= 0.6 is 0 Å². The molecule has 0 saturated carbocycles. The SMILES string of the molecule is CC(N)=Nc1ccccc1.C\C=C(/C=C\C=C/CC)CCC.NCCO. The lowest BCUT2D eigenvalue weighted by Gasteiger charge is -1.95. The van der Waals surface area contributed by atoms with E-state index in [1.54, 1.807) is 6.92 Å². The highest BCUT2D eigenvalue weighted by Gasteiger charge is 1.85. The summed E-state index contributed by atoms with van der Waals surface area (Å²) in [5.74, 6) is 0.589. The number of nitrogens with two attached hydrogens (primary N) is 2. The highest BCUT2D eigenvalue weighted by molar-refractivity contribution is 5.80. The minimum absolute atomic E-state index is 0.0972. The van der Waals surface area contributed by atoms with Crippen molar-refractivity contribution in [3.05, 3.63) is 66.3 Å². The third-order valence-corrected chi connectivity index (χ3v) is 2.89. The molecule has 0 fully saturated rings. The predicted octanol–water partition coefficient (Wildman–Crippen LogP) is 4.89. The zero-order valence-electron chi connectivity index (χ0n) is 16.9. The molecule has 146 valence electrons. The smallest absolute Gasteiger partial charge is 0.0964 e. The van der Waals surface area contributed by atoms with E-state index < -0.39 is 0 Å². The molecule has 1 aromatic carbocycles. The molecule has 0 heterocycles. The van der Waals surface area contributed by atoms with Crippen LogP contribution < -0.4 is 11.5 Å². The topological polar surface area (TPSA) is 84.6 Å². The summed E-state index contributed by atoms with van der Waals surface area (Å²) >= 11 is 0. The second kappa shape index (κ2) is 20.9. The van der Waals surface area contributed by atoms with E-state index in [9.17, 15) is 0 Å². The summed E-state index contributed by atoms with van der Waals surface area (Å²) in [5.41, 5.74) is 12.5. The molecule has 26 heavy (non-hydrogen) atoms. The molecule has 0 radical (unpaired) electrons. The largest absolute Gasteiger partial charge is 0.395 e. The van der Waals surface area contributed by atoms with Gasteiger partial charge in [0.05, 0.1) is 18.1 Å². The molecular weight excluding hydrogens is 322 g/mol. The first-order valence-corrected chi connectivity index (χ1v) is 9.20. The molecule has 0 aromatic heterocycles. The molecule has 0 spiro atoms. The standard InChI is InChI=1S/C12H20.C8H10N2.C2H7NO/c1-4-7-8-9-11-12(6-3)10-5-2;1-7(9)10-8-5-3-2-4-6-8;3-1-2-4/h6-9,11H,4-5,10H2,1-3H3;2-6H,1H3,(H2,9,10);4H,1-3H2/b8-7-,11-9-,12-6-;;. The van der Waals surface area contributed by atoms with Crippen LogP contribution in [0.4, 0.5) is 5.69 Å². The lowest BCUT2D eigenvalue weighted by atomic mass is 10.1. The minimum atomic E-state index is 0.0972. The Labute approximate surface area is 160 Å². The average Bonchev–Trinajstić information content (AvgIpc) is 2.65. The predicted molar refractivity (Wildman–Crippen MR) is 117 cm³/mol. The Bertz CT molecular complexity index is 526. The molecule has 4 nitrogen and oxygen atoms in total. The summed E-state index contributed by atoms with van der Waals surface area (Å²) in [6.45, 7) is 8.69. The maximum Gasteiger partial charge on any atom is 0.0964 e. The number of aliphatic hydroxyl groups excluding tert-OH is 1. The first-order chi connectivity index (χ1) is 12.5. The Kier molecular flexibility index (Phi) is 20.9. The van der Waals surface area contributed by atoms with Crippen molar-refractivity contribution in [1.82, 2.24) is 0 Å². The van der Waals surface area contributed by atoms with E-state index in [-0.39, 0.29) is 6.61 Å². The van der Waals surface area contributed by atoms with Gasteiger partial charge in [-0.15, -0.1) is 0 Å². The van der Waals surface area contributed by atoms with Gasteiger partial charge in [0.1, 0.15) is 0 Å². The molecule has 4 heteroatoms. The van der Waals surface area contributed by atoms with Crippen LogP contribution in [0.5, 0.6) is 0 Å². The molecular formula is C22H37N3O. The highest BCUT2D eigenvalue weighted by Crippen LogP contribution is 2.08. The lowest BCUT2D eigenvalue weighted by molar-refractivity contribution is 0.306. The van der Waals surface area contributed by atoms with Crippen LogP contribution in [0.15, 0.2) is 71.3 Å². The summed E-state index contributed by atoms with van der Waals surface area (Å²) in [4.78, 5) is 4.05. The van der Waals surface area contributed by atoms with Crippen LogP contribution in [0.2, 0.25) is 0 Å². The van der Waals surface area contributed by atoms with Crippen molar-refractivity contribution >= 4 is 11.5 Å². The number of allylic oxidation sites excluding steroid dienone is 6. The Morgan fingerprint density at radius 3 is 2.19 bits per heavy atom. The summed E-state index contributed by atoms with van der Waals surface area (Å²) < 4.78 is 0. The molecule has 0 atom stereocenters. The molecule has 0 aliphatic rings. The summed E-state index contributed by atoms with van der Waals surface area (Å²) in [5, 5.41) is 7.75.